The fourth-order valence-electron chi connectivity index (χ4n) is 1.87. The number of ether oxygens (including phenoxy) is 1. The Balaban J connectivity index is 2.45. The lowest BCUT2D eigenvalue weighted by molar-refractivity contribution is 0.0524. The Morgan fingerprint density at radius 3 is 2.76 bits per heavy atom. The van der Waals surface area contributed by atoms with E-state index < -0.39 is 11.8 Å². The molecule has 0 aliphatic carbocycles. The van der Waals surface area contributed by atoms with Crippen molar-refractivity contribution in [1.29, 1.82) is 0 Å². The predicted molar refractivity (Wildman–Crippen MR) is 77.8 cm³/mol. The van der Waals surface area contributed by atoms with Crippen LogP contribution >= 0.6 is 11.6 Å². The number of benzene rings is 1. The zero-order valence-electron chi connectivity index (χ0n) is 11.7. The lowest BCUT2D eigenvalue weighted by Crippen LogP contribution is -2.11. The number of aryl methyl sites for hydroxylation is 1. The van der Waals surface area contributed by atoms with E-state index in [1.165, 1.54) is 24.4 Å². The summed E-state index contributed by atoms with van der Waals surface area (Å²) in [7, 11) is 0. The summed E-state index contributed by atoms with van der Waals surface area (Å²) in [6, 6.07) is 4.00. The van der Waals surface area contributed by atoms with E-state index in [0.29, 0.717) is 29.1 Å². The molecule has 0 aliphatic heterocycles. The summed E-state index contributed by atoms with van der Waals surface area (Å²) >= 11 is 6.00. The maximum atomic E-state index is 13.1. The first kappa shape index (κ1) is 15.4. The third-order valence-corrected chi connectivity index (χ3v) is 3.18. The molecule has 110 valence electrons. The van der Waals surface area contributed by atoms with Gasteiger partial charge in [0, 0.05) is 11.8 Å². The van der Waals surface area contributed by atoms with Gasteiger partial charge in [-0.3, -0.25) is 0 Å². The number of nitrogens with zero attached hydrogens (tertiary/aromatic N) is 2. The second kappa shape index (κ2) is 6.63. The molecule has 1 aromatic heterocycles. The lowest BCUT2D eigenvalue weighted by Gasteiger charge is -2.09. The standard InChI is InChI=1S/C15H14ClFN2O2/c1-3-13-11(15(20)21-4-2)8-18-14(19-13)10-6-5-9(17)7-12(10)16/h5-8H,3-4H2,1-2H3. The van der Waals surface area contributed by atoms with Gasteiger partial charge < -0.3 is 4.74 Å². The Labute approximate surface area is 126 Å². The molecule has 0 saturated carbocycles. The number of carbonyl (C=O) groups excluding carboxylic acids is 1. The Hall–Kier alpha value is -2.01. The van der Waals surface area contributed by atoms with Crippen LogP contribution in [0.3, 0.4) is 0 Å². The maximum Gasteiger partial charge on any atom is 0.341 e. The molecule has 1 heterocycles. The molecule has 0 saturated heterocycles. The topological polar surface area (TPSA) is 52.1 Å². The fraction of sp³-hybridized carbons (Fsp3) is 0.267. The summed E-state index contributed by atoms with van der Waals surface area (Å²) in [5, 5.41) is 0.223. The van der Waals surface area contributed by atoms with Crippen molar-refractivity contribution in [3.8, 4) is 11.4 Å². The maximum absolute atomic E-state index is 13.1. The number of hydrogen-bond donors (Lipinski definition) is 0. The number of esters is 1. The first-order chi connectivity index (χ1) is 10.1. The van der Waals surface area contributed by atoms with Crippen molar-refractivity contribution in [1.82, 2.24) is 9.97 Å². The van der Waals surface area contributed by atoms with Gasteiger partial charge >= 0.3 is 5.97 Å². The molecule has 0 amide bonds. The third-order valence-electron chi connectivity index (χ3n) is 2.87. The van der Waals surface area contributed by atoms with E-state index in [0.717, 1.165) is 0 Å². The molecule has 0 atom stereocenters. The molecule has 0 N–H and O–H groups in total. The molecule has 6 heteroatoms. The molecule has 0 aliphatic rings. The van der Waals surface area contributed by atoms with Gasteiger partial charge in [-0.2, -0.15) is 0 Å². The summed E-state index contributed by atoms with van der Waals surface area (Å²) in [5.74, 6) is -0.529. The molecule has 0 radical (unpaired) electrons. The number of aromatic nitrogens is 2. The lowest BCUT2D eigenvalue weighted by atomic mass is 10.1. The minimum atomic E-state index is -0.453. The highest BCUT2D eigenvalue weighted by molar-refractivity contribution is 6.33. The van der Waals surface area contributed by atoms with Gasteiger partial charge in [0.05, 0.1) is 22.9 Å². The summed E-state index contributed by atoms with van der Waals surface area (Å²) in [5.41, 5.74) is 1.42. The Morgan fingerprint density at radius 1 is 1.38 bits per heavy atom. The number of rotatable bonds is 4. The zero-order valence-corrected chi connectivity index (χ0v) is 12.4. The van der Waals surface area contributed by atoms with Crippen LogP contribution in [0.25, 0.3) is 11.4 Å². The summed E-state index contributed by atoms with van der Waals surface area (Å²) in [6.45, 7) is 3.89. The highest BCUT2D eigenvalue weighted by Crippen LogP contribution is 2.26. The van der Waals surface area contributed by atoms with Gasteiger partial charge in [0.25, 0.3) is 0 Å². The van der Waals surface area contributed by atoms with Crippen molar-refractivity contribution in [2.24, 2.45) is 0 Å². The van der Waals surface area contributed by atoms with E-state index in [1.54, 1.807) is 6.92 Å². The number of halogens is 2. The first-order valence-electron chi connectivity index (χ1n) is 6.55. The van der Waals surface area contributed by atoms with Gasteiger partial charge in [0.1, 0.15) is 5.82 Å². The van der Waals surface area contributed by atoms with Crippen molar-refractivity contribution in [2.45, 2.75) is 20.3 Å². The fourth-order valence-corrected chi connectivity index (χ4v) is 2.12. The van der Waals surface area contributed by atoms with E-state index in [9.17, 15) is 9.18 Å². The highest BCUT2D eigenvalue weighted by atomic mass is 35.5. The van der Waals surface area contributed by atoms with Crippen LogP contribution in [0.15, 0.2) is 24.4 Å². The summed E-state index contributed by atoms with van der Waals surface area (Å²) < 4.78 is 18.0. The molecule has 0 spiro atoms. The van der Waals surface area contributed by atoms with E-state index in [-0.39, 0.29) is 11.6 Å². The molecule has 2 rings (SSSR count). The van der Waals surface area contributed by atoms with Gasteiger partial charge in [-0.05, 0) is 31.5 Å². The molecule has 1 aromatic carbocycles. The Bertz CT molecular complexity index is 677. The third kappa shape index (κ3) is 3.36. The molecule has 0 fully saturated rings. The molecule has 4 nitrogen and oxygen atoms in total. The molecular formula is C15H14ClFN2O2. The minimum Gasteiger partial charge on any atom is -0.462 e. The summed E-state index contributed by atoms with van der Waals surface area (Å²) in [4.78, 5) is 20.3. The van der Waals surface area contributed by atoms with Crippen LogP contribution in [0, 0.1) is 5.82 Å². The number of hydrogen-bond acceptors (Lipinski definition) is 4. The highest BCUT2D eigenvalue weighted by Gasteiger charge is 2.16. The minimum absolute atomic E-state index is 0.223. The molecule has 0 unspecified atom stereocenters. The van der Waals surface area contributed by atoms with E-state index in [4.69, 9.17) is 16.3 Å². The van der Waals surface area contributed by atoms with Crippen LogP contribution in [0.1, 0.15) is 29.9 Å². The second-order valence-corrected chi connectivity index (χ2v) is 4.66. The van der Waals surface area contributed by atoms with Crippen LogP contribution in [-0.2, 0) is 11.2 Å². The van der Waals surface area contributed by atoms with Crippen molar-refractivity contribution in [3.05, 3.63) is 46.5 Å². The molecule has 2 aromatic rings. The smallest absolute Gasteiger partial charge is 0.341 e. The van der Waals surface area contributed by atoms with Gasteiger partial charge in [0.15, 0.2) is 5.82 Å². The monoisotopic (exact) mass is 308 g/mol. The van der Waals surface area contributed by atoms with Crippen LogP contribution < -0.4 is 0 Å². The first-order valence-corrected chi connectivity index (χ1v) is 6.93. The van der Waals surface area contributed by atoms with Crippen molar-refractivity contribution < 1.29 is 13.9 Å². The molecule has 0 bridgehead atoms. The van der Waals surface area contributed by atoms with Crippen LogP contribution in [-0.4, -0.2) is 22.5 Å². The van der Waals surface area contributed by atoms with Crippen molar-refractivity contribution in [3.63, 3.8) is 0 Å². The van der Waals surface area contributed by atoms with Crippen molar-refractivity contribution >= 4 is 17.6 Å². The quantitative estimate of drug-likeness (QED) is 0.809. The second-order valence-electron chi connectivity index (χ2n) is 4.25. The molecular weight excluding hydrogens is 295 g/mol. The number of carbonyl (C=O) groups is 1. The summed E-state index contributed by atoms with van der Waals surface area (Å²) in [6.07, 6.45) is 1.96. The predicted octanol–water partition coefficient (Wildman–Crippen LogP) is 3.68. The van der Waals surface area contributed by atoms with Crippen molar-refractivity contribution in [2.75, 3.05) is 6.61 Å². The van der Waals surface area contributed by atoms with Crippen LogP contribution in [0.2, 0.25) is 5.02 Å². The normalized spacial score (nSPS) is 10.5. The van der Waals surface area contributed by atoms with Crippen LogP contribution in [0.4, 0.5) is 4.39 Å². The zero-order chi connectivity index (χ0) is 15.4. The molecule has 21 heavy (non-hydrogen) atoms. The largest absolute Gasteiger partial charge is 0.462 e. The van der Waals surface area contributed by atoms with E-state index >= 15 is 0 Å². The van der Waals surface area contributed by atoms with Crippen LogP contribution in [0.5, 0.6) is 0 Å². The van der Waals surface area contributed by atoms with Gasteiger partial charge in [-0.1, -0.05) is 18.5 Å². The Kier molecular flexibility index (Phi) is 4.85. The SMILES string of the molecule is CCOC(=O)c1cnc(-c2ccc(F)cc2Cl)nc1CC. The average molecular weight is 309 g/mol. The Morgan fingerprint density at radius 2 is 2.14 bits per heavy atom. The van der Waals surface area contributed by atoms with E-state index in [1.807, 2.05) is 6.92 Å². The van der Waals surface area contributed by atoms with Gasteiger partial charge in [-0.15, -0.1) is 0 Å². The van der Waals surface area contributed by atoms with Gasteiger partial charge in [-0.25, -0.2) is 19.2 Å². The van der Waals surface area contributed by atoms with E-state index in [2.05, 4.69) is 9.97 Å². The average Bonchev–Trinajstić information content (AvgIpc) is 2.47. The van der Waals surface area contributed by atoms with Gasteiger partial charge in [0.2, 0.25) is 0 Å².